The van der Waals surface area contributed by atoms with Crippen LogP contribution in [-0.2, 0) is 9.53 Å². The lowest BCUT2D eigenvalue weighted by Gasteiger charge is -2.19. The van der Waals surface area contributed by atoms with Crippen molar-refractivity contribution in [1.82, 2.24) is 9.55 Å². The number of fused-ring (bicyclic) bond motifs is 1. The fourth-order valence-electron chi connectivity index (χ4n) is 3.52. The maximum atomic E-state index is 13.2. The minimum absolute atomic E-state index is 0.120. The lowest BCUT2D eigenvalue weighted by Crippen LogP contribution is -2.29. The van der Waals surface area contributed by atoms with Gasteiger partial charge in [-0.3, -0.25) is 14.2 Å². The van der Waals surface area contributed by atoms with Crippen LogP contribution in [0.25, 0.3) is 10.9 Å². The van der Waals surface area contributed by atoms with Gasteiger partial charge in [0.2, 0.25) is 5.91 Å². The van der Waals surface area contributed by atoms with Gasteiger partial charge in [0.25, 0.3) is 5.56 Å². The Kier molecular flexibility index (Phi) is 8.05. The second kappa shape index (κ2) is 11.4. The summed E-state index contributed by atoms with van der Waals surface area (Å²) in [5, 5.41) is 4.05. The second-order valence-corrected chi connectivity index (χ2v) is 9.70. The highest BCUT2D eigenvalue weighted by molar-refractivity contribution is 8.00. The number of ether oxygens (including phenoxy) is 1. The van der Waals surface area contributed by atoms with Gasteiger partial charge in [-0.2, -0.15) is 0 Å². The third kappa shape index (κ3) is 5.70. The average molecular weight is 492 g/mol. The van der Waals surface area contributed by atoms with E-state index < -0.39 is 0 Å². The van der Waals surface area contributed by atoms with E-state index in [0.717, 1.165) is 15.5 Å². The highest BCUT2D eigenvalue weighted by Gasteiger charge is 2.18. The molecule has 174 valence electrons. The normalized spacial score (nSPS) is 11.9. The third-order valence-corrected chi connectivity index (χ3v) is 7.13. The number of rotatable bonds is 9. The molecule has 0 saturated heterocycles. The number of aromatic nitrogens is 2. The van der Waals surface area contributed by atoms with Gasteiger partial charge in [-0.1, -0.05) is 66.0 Å². The van der Waals surface area contributed by atoms with E-state index in [1.54, 1.807) is 29.5 Å². The van der Waals surface area contributed by atoms with E-state index in [2.05, 4.69) is 10.3 Å². The standard InChI is InChI=1S/C26H25N3O3S2/c1-18(16-32-2)29-25(31)20-12-6-7-13-21(20)28-26(29)33-17-24(30)27-22-14-8-9-15-23(22)34-19-10-4-3-5-11-19/h3-15,18H,16-17H2,1-2H3,(H,27,30). The molecule has 3 aromatic carbocycles. The molecule has 6 nitrogen and oxygen atoms in total. The molecule has 0 radical (unpaired) electrons. The fourth-order valence-corrected chi connectivity index (χ4v) is 5.34. The highest BCUT2D eigenvalue weighted by atomic mass is 32.2. The van der Waals surface area contributed by atoms with Gasteiger partial charge in [-0.25, -0.2) is 4.98 Å². The summed E-state index contributed by atoms with van der Waals surface area (Å²) in [5.41, 5.74) is 1.22. The van der Waals surface area contributed by atoms with Crippen molar-refractivity contribution in [1.29, 1.82) is 0 Å². The number of anilines is 1. The number of amides is 1. The molecule has 8 heteroatoms. The van der Waals surface area contributed by atoms with E-state index in [1.807, 2.05) is 79.7 Å². The predicted molar refractivity (Wildman–Crippen MR) is 139 cm³/mol. The Morgan fingerprint density at radius 1 is 1.03 bits per heavy atom. The molecular formula is C26H25N3O3S2. The summed E-state index contributed by atoms with van der Waals surface area (Å²) in [7, 11) is 1.60. The summed E-state index contributed by atoms with van der Waals surface area (Å²) in [4.78, 5) is 32.8. The van der Waals surface area contributed by atoms with Gasteiger partial charge in [-0.15, -0.1) is 0 Å². The van der Waals surface area contributed by atoms with Gasteiger partial charge in [0.15, 0.2) is 5.16 Å². The van der Waals surface area contributed by atoms with Crippen LogP contribution in [0.4, 0.5) is 5.69 Å². The van der Waals surface area contributed by atoms with Crippen molar-refractivity contribution in [3.05, 3.63) is 89.2 Å². The maximum absolute atomic E-state index is 13.2. The average Bonchev–Trinajstić information content (AvgIpc) is 2.85. The summed E-state index contributed by atoms with van der Waals surface area (Å²) in [6.07, 6.45) is 0. The summed E-state index contributed by atoms with van der Waals surface area (Å²) in [5.74, 6) is -0.0473. The van der Waals surface area contributed by atoms with Crippen molar-refractivity contribution in [2.75, 3.05) is 24.8 Å². The molecule has 34 heavy (non-hydrogen) atoms. The molecule has 0 spiro atoms. The van der Waals surface area contributed by atoms with Crippen LogP contribution in [-0.4, -0.2) is 34.9 Å². The zero-order valence-corrected chi connectivity index (χ0v) is 20.6. The smallest absolute Gasteiger partial charge is 0.262 e. The van der Waals surface area contributed by atoms with Gasteiger partial charge >= 0.3 is 0 Å². The van der Waals surface area contributed by atoms with Gasteiger partial charge in [0.05, 0.1) is 35.0 Å². The Hall–Kier alpha value is -3.07. The Morgan fingerprint density at radius 3 is 2.53 bits per heavy atom. The molecule has 4 rings (SSSR count). The Balaban J connectivity index is 1.53. The van der Waals surface area contributed by atoms with Crippen LogP contribution < -0.4 is 10.9 Å². The van der Waals surface area contributed by atoms with E-state index in [0.29, 0.717) is 22.7 Å². The van der Waals surface area contributed by atoms with Crippen molar-refractivity contribution in [3.8, 4) is 0 Å². The first-order valence-corrected chi connectivity index (χ1v) is 12.6. The Morgan fingerprint density at radius 2 is 1.74 bits per heavy atom. The minimum atomic E-state index is -0.219. The SMILES string of the molecule is COCC(C)n1c(SCC(=O)Nc2ccccc2Sc2ccccc2)nc2ccccc2c1=O. The van der Waals surface area contributed by atoms with Crippen molar-refractivity contribution in [2.24, 2.45) is 0 Å². The van der Waals surface area contributed by atoms with Gasteiger partial charge in [-0.05, 0) is 43.3 Å². The largest absolute Gasteiger partial charge is 0.383 e. The molecule has 1 aromatic heterocycles. The van der Waals surface area contributed by atoms with Gasteiger partial charge in [0.1, 0.15) is 0 Å². The molecule has 1 unspecified atom stereocenters. The monoisotopic (exact) mass is 491 g/mol. The predicted octanol–water partition coefficient (Wildman–Crippen LogP) is 5.49. The first-order valence-electron chi connectivity index (χ1n) is 10.8. The number of carbonyl (C=O) groups excluding carboxylic acids is 1. The van der Waals surface area contributed by atoms with E-state index >= 15 is 0 Å². The molecule has 0 fully saturated rings. The minimum Gasteiger partial charge on any atom is -0.383 e. The molecule has 1 atom stereocenters. The van der Waals surface area contributed by atoms with Crippen LogP contribution >= 0.6 is 23.5 Å². The van der Waals surface area contributed by atoms with Gasteiger partial charge < -0.3 is 10.1 Å². The fraction of sp³-hybridized carbons (Fsp3) is 0.192. The number of hydrogen-bond acceptors (Lipinski definition) is 6. The summed E-state index contributed by atoms with van der Waals surface area (Å²) >= 11 is 2.84. The number of methoxy groups -OCH3 is 1. The molecule has 4 aromatic rings. The number of benzene rings is 3. The molecule has 0 aliphatic heterocycles. The van der Waals surface area contributed by atoms with Crippen molar-refractivity contribution < 1.29 is 9.53 Å². The van der Waals surface area contributed by atoms with Crippen molar-refractivity contribution >= 4 is 46.0 Å². The van der Waals surface area contributed by atoms with E-state index in [9.17, 15) is 9.59 Å². The number of carbonyl (C=O) groups is 1. The quantitative estimate of drug-likeness (QED) is 0.247. The van der Waals surface area contributed by atoms with E-state index in [4.69, 9.17) is 4.74 Å². The maximum Gasteiger partial charge on any atom is 0.262 e. The zero-order valence-electron chi connectivity index (χ0n) is 18.9. The molecule has 0 saturated carbocycles. The van der Waals surface area contributed by atoms with Crippen LogP contribution in [0, 0.1) is 0 Å². The molecule has 0 bridgehead atoms. The molecule has 1 heterocycles. The molecule has 1 N–H and O–H groups in total. The summed E-state index contributed by atoms with van der Waals surface area (Å²) < 4.78 is 6.88. The van der Waals surface area contributed by atoms with E-state index in [1.165, 1.54) is 11.8 Å². The lowest BCUT2D eigenvalue weighted by atomic mass is 10.2. The summed E-state index contributed by atoms with van der Waals surface area (Å²) in [6.45, 7) is 2.27. The van der Waals surface area contributed by atoms with Crippen LogP contribution in [0.5, 0.6) is 0 Å². The number of para-hydroxylation sites is 2. The van der Waals surface area contributed by atoms with E-state index in [-0.39, 0.29) is 23.3 Å². The Labute approximate surface area is 206 Å². The van der Waals surface area contributed by atoms with Crippen LogP contribution in [0.3, 0.4) is 0 Å². The van der Waals surface area contributed by atoms with Gasteiger partial charge in [0, 0.05) is 16.9 Å². The number of hydrogen-bond donors (Lipinski definition) is 1. The topological polar surface area (TPSA) is 73.2 Å². The number of nitrogens with one attached hydrogen (secondary N) is 1. The number of nitrogens with zero attached hydrogens (tertiary/aromatic N) is 2. The molecular weight excluding hydrogens is 466 g/mol. The van der Waals surface area contributed by atoms with Crippen LogP contribution in [0.2, 0.25) is 0 Å². The van der Waals surface area contributed by atoms with Crippen molar-refractivity contribution in [2.45, 2.75) is 27.9 Å². The summed E-state index contributed by atoms with van der Waals surface area (Å²) in [6, 6.07) is 24.8. The molecule has 1 amide bonds. The van der Waals surface area contributed by atoms with Crippen LogP contribution in [0.1, 0.15) is 13.0 Å². The first-order chi connectivity index (χ1) is 16.6. The second-order valence-electron chi connectivity index (χ2n) is 7.64. The zero-order chi connectivity index (χ0) is 23.9. The Bertz CT molecular complexity index is 1340. The molecule has 0 aliphatic rings. The molecule has 0 aliphatic carbocycles. The van der Waals surface area contributed by atoms with Crippen LogP contribution in [0.15, 0.2) is 98.6 Å². The van der Waals surface area contributed by atoms with Crippen molar-refractivity contribution in [3.63, 3.8) is 0 Å². The first kappa shape index (κ1) is 24.1. The highest BCUT2D eigenvalue weighted by Crippen LogP contribution is 2.33. The third-order valence-electron chi connectivity index (χ3n) is 5.09. The number of thioether (sulfide) groups is 1. The lowest BCUT2D eigenvalue weighted by molar-refractivity contribution is -0.113.